The molecule has 0 saturated heterocycles. The summed E-state index contributed by atoms with van der Waals surface area (Å²) in [6.07, 6.45) is 62.5. The molecule has 390 valence electrons. The minimum atomic E-state index is -4.59. The van der Waals surface area contributed by atoms with Crippen molar-refractivity contribution in [3.63, 3.8) is 0 Å². The molecule has 3 unspecified atom stereocenters. The summed E-state index contributed by atoms with van der Waals surface area (Å²) < 4.78 is 23.2. The molecule has 0 aliphatic rings. The van der Waals surface area contributed by atoms with Gasteiger partial charge in [-0.05, 0) is 57.8 Å². The number of unbranched alkanes of at least 4 members (excludes halogenated alkanes) is 35. The van der Waals surface area contributed by atoms with Gasteiger partial charge in [-0.15, -0.1) is 0 Å². The largest absolute Gasteiger partial charge is 0.756 e. The second-order valence-corrected chi connectivity index (χ2v) is 22.0. The first-order valence-electron chi connectivity index (χ1n) is 28.4. The Bertz CT molecular complexity index is 1170. The molecule has 8 nitrogen and oxygen atoms in total. The van der Waals surface area contributed by atoms with Crippen molar-refractivity contribution >= 4 is 13.7 Å². The van der Waals surface area contributed by atoms with Crippen LogP contribution >= 0.6 is 7.82 Å². The fourth-order valence-corrected chi connectivity index (χ4v) is 9.06. The van der Waals surface area contributed by atoms with Gasteiger partial charge >= 0.3 is 0 Å². The van der Waals surface area contributed by atoms with E-state index < -0.39 is 26.6 Å². The van der Waals surface area contributed by atoms with E-state index in [2.05, 4.69) is 43.5 Å². The van der Waals surface area contributed by atoms with Gasteiger partial charge in [0.1, 0.15) is 13.2 Å². The molecule has 0 fully saturated rings. The number of amides is 1. The number of quaternary nitrogens is 1. The van der Waals surface area contributed by atoms with Crippen molar-refractivity contribution < 1.29 is 32.9 Å². The van der Waals surface area contributed by atoms with Gasteiger partial charge in [0.2, 0.25) is 5.91 Å². The molecule has 0 aromatic rings. The van der Waals surface area contributed by atoms with Gasteiger partial charge in [0.25, 0.3) is 7.82 Å². The molecule has 0 radical (unpaired) electrons. The molecular formula is C57H111N2O6P. The Morgan fingerprint density at radius 2 is 0.848 bits per heavy atom. The summed E-state index contributed by atoms with van der Waals surface area (Å²) in [5, 5.41) is 13.8. The third-order valence-corrected chi connectivity index (χ3v) is 13.8. The summed E-state index contributed by atoms with van der Waals surface area (Å²) in [7, 11) is 1.25. The van der Waals surface area contributed by atoms with Crippen LogP contribution in [0.4, 0.5) is 0 Å². The van der Waals surface area contributed by atoms with Crippen molar-refractivity contribution in [2.45, 2.75) is 283 Å². The number of hydrogen-bond donors (Lipinski definition) is 2. The van der Waals surface area contributed by atoms with Crippen LogP contribution in [0.2, 0.25) is 0 Å². The number of nitrogens with one attached hydrogen (secondary N) is 1. The Labute approximate surface area is 410 Å². The SMILES string of the molecule is CCCCCCC/C=C/CC/C=C/C(O)C(COP(=O)([O-])OCC[N+](C)(C)C)NC(=O)CCCCCCCCCCCCCCCCCCCCCCC/C=C\CCCCCCCCCC. The molecule has 0 aliphatic carbocycles. The molecule has 0 aromatic carbocycles. The van der Waals surface area contributed by atoms with Crippen molar-refractivity contribution in [2.24, 2.45) is 0 Å². The molecule has 0 rings (SSSR count). The van der Waals surface area contributed by atoms with Crippen LogP contribution in [0, 0.1) is 0 Å². The molecule has 9 heteroatoms. The van der Waals surface area contributed by atoms with Gasteiger partial charge in [-0.2, -0.15) is 0 Å². The molecule has 0 aliphatic heterocycles. The van der Waals surface area contributed by atoms with E-state index in [4.69, 9.17) is 9.05 Å². The molecule has 0 spiro atoms. The topological polar surface area (TPSA) is 108 Å². The van der Waals surface area contributed by atoms with Gasteiger partial charge in [-0.1, -0.05) is 243 Å². The van der Waals surface area contributed by atoms with E-state index >= 15 is 0 Å². The van der Waals surface area contributed by atoms with Crippen LogP contribution in [0.1, 0.15) is 271 Å². The highest BCUT2D eigenvalue weighted by atomic mass is 31.2. The second-order valence-electron chi connectivity index (χ2n) is 20.6. The van der Waals surface area contributed by atoms with Crippen molar-refractivity contribution in [1.29, 1.82) is 0 Å². The summed E-state index contributed by atoms with van der Waals surface area (Å²) in [5.41, 5.74) is 0. The first-order chi connectivity index (χ1) is 32.0. The number of phosphoric ester groups is 1. The second kappa shape index (κ2) is 48.7. The Hall–Kier alpha value is -1.28. The van der Waals surface area contributed by atoms with Crippen molar-refractivity contribution in [3.8, 4) is 0 Å². The Morgan fingerprint density at radius 1 is 0.515 bits per heavy atom. The molecule has 0 heterocycles. The zero-order valence-corrected chi connectivity index (χ0v) is 45.3. The fraction of sp³-hybridized carbons (Fsp3) is 0.877. The molecule has 2 N–H and O–H groups in total. The predicted octanol–water partition coefficient (Wildman–Crippen LogP) is 16.4. The third kappa shape index (κ3) is 50.6. The zero-order chi connectivity index (χ0) is 48.5. The summed E-state index contributed by atoms with van der Waals surface area (Å²) >= 11 is 0. The number of aliphatic hydroxyl groups is 1. The minimum Gasteiger partial charge on any atom is -0.756 e. The molecule has 0 saturated carbocycles. The van der Waals surface area contributed by atoms with E-state index in [-0.39, 0.29) is 12.5 Å². The highest BCUT2D eigenvalue weighted by Crippen LogP contribution is 2.38. The van der Waals surface area contributed by atoms with E-state index in [0.717, 1.165) is 38.5 Å². The number of rotatable bonds is 52. The molecule has 1 amide bonds. The van der Waals surface area contributed by atoms with Crippen molar-refractivity contribution in [2.75, 3.05) is 40.9 Å². The number of phosphoric acid groups is 1. The van der Waals surface area contributed by atoms with Gasteiger partial charge in [0.05, 0.1) is 39.9 Å². The normalized spacial score (nSPS) is 14.2. The average molecular weight is 951 g/mol. The van der Waals surface area contributed by atoms with Crippen LogP contribution in [0.25, 0.3) is 0 Å². The lowest BCUT2D eigenvalue weighted by molar-refractivity contribution is -0.870. The summed E-state index contributed by atoms with van der Waals surface area (Å²) in [5.74, 6) is -0.205. The van der Waals surface area contributed by atoms with Gasteiger partial charge in [0, 0.05) is 6.42 Å². The highest BCUT2D eigenvalue weighted by Gasteiger charge is 2.23. The average Bonchev–Trinajstić information content (AvgIpc) is 3.28. The van der Waals surface area contributed by atoms with Crippen molar-refractivity contribution in [3.05, 3.63) is 36.5 Å². The first kappa shape index (κ1) is 64.7. The predicted molar refractivity (Wildman–Crippen MR) is 284 cm³/mol. The van der Waals surface area contributed by atoms with Crippen LogP contribution in [0.3, 0.4) is 0 Å². The number of nitrogens with zero attached hydrogens (tertiary/aromatic N) is 1. The Kier molecular flexibility index (Phi) is 47.8. The molecule has 66 heavy (non-hydrogen) atoms. The van der Waals surface area contributed by atoms with Crippen LogP contribution in [-0.2, 0) is 18.4 Å². The maximum Gasteiger partial charge on any atom is 0.268 e. The number of carbonyl (C=O) groups excluding carboxylic acids is 1. The smallest absolute Gasteiger partial charge is 0.268 e. The Balaban J connectivity index is 3.95. The Morgan fingerprint density at radius 3 is 1.23 bits per heavy atom. The van der Waals surface area contributed by atoms with Crippen LogP contribution in [0.5, 0.6) is 0 Å². The van der Waals surface area contributed by atoms with Gasteiger partial charge in [-0.3, -0.25) is 9.36 Å². The lowest BCUT2D eigenvalue weighted by Crippen LogP contribution is -2.45. The van der Waals surface area contributed by atoms with E-state index in [1.54, 1.807) is 6.08 Å². The van der Waals surface area contributed by atoms with Crippen molar-refractivity contribution in [1.82, 2.24) is 5.32 Å². The quantitative estimate of drug-likeness (QED) is 0.0272. The lowest BCUT2D eigenvalue weighted by Gasteiger charge is -2.29. The molecule has 3 atom stereocenters. The summed E-state index contributed by atoms with van der Waals surface area (Å²) in [6.45, 7) is 4.62. The van der Waals surface area contributed by atoms with Crippen LogP contribution in [0.15, 0.2) is 36.5 Å². The van der Waals surface area contributed by atoms with Gasteiger partial charge < -0.3 is 28.8 Å². The first-order valence-corrected chi connectivity index (χ1v) is 29.8. The minimum absolute atomic E-state index is 0.00517. The number of hydrogen-bond acceptors (Lipinski definition) is 6. The third-order valence-electron chi connectivity index (χ3n) is 12.8. The molecule has 0 aromatic heterocycles. The van der Waals surface area contributed by atoms with E-state index in [1.807, 2.05) is 27.2 Å². The summed E-state index contributed by atoms with van der Waals surface area (Å²) in [4.78, 5) is 25.4. The van der Waals surface area contributed by atoms with Gasteiger partial charge in [-0.25, -0.2) is 0 Å². The highest BCUT2D eigenvalue weighted by molar-refractivity contribution is 7.45. The lowest BCUT2D eigenvalue weighted by atomic mass is 10.0. The summed E-state index contributed by atoms with van der Waals surface area (Å²) in [6, 6.07) is -0.900. The maximum atomic E-state index is 12.9. The zero-order valence-electron chi connectivity index (χ0n) is 44.4. The number of allylic oxidation sites excluding steroid dienone is 5. The molecular weight excluding hydrogens is 840 g/mol. The van der Waals surface area contributed by atoms with Gasteiger partial charge in [0.15, 0.2) is 0 Å². The number of aliphatic hydroxyl groups excluding tert-OH is 1. The standard InChI is InChI=1S/C57H111N2O6P/c1-6-8-10-12-14-16-18-19-20-21-22-23-24-25-26-27-28-29-30-31-32-33-34-35-36-37-38-39-41-43-45-47-49-51-57(61)58-55(54-65-66(62,63)64-53-52-59(3,4)5)56(60)50-48-46-44-42-40-17-15-13-11-9-7-2/h21-22,40,42,48,50,55-56,60H,6-20,23-39,41,43-47,49,51-54H2,1-5H3,(H-,58,61,62,63)/b22-21-,42-40+,50-48+. The van der Waals surface area contributed by atoms with Crippen LogP contribution in [-0.4, -0.2) is 68.5 Å². The number of likely N-dealkylation sites (N-methyl/N-ethyl adjacent to an activating group) is 1. The monoisotopic (exact) mass is 951 g/mol. The van der Waals surface area contributed by atoms with E-state index in [1.165, 1.54) is 212 Å². The van der Waals surface area contributed by atoms with E-state index in [0.29, 0.717) is 17.4 Å². The molecule has 0 bridgehead atoms. The number of carbonyl (C=O) groups is 1. The van der Waals surface area contributed by atoms with E-state index in [9.17, 15) is 19.4 Å². The fourth-order valence-electron chi connectivity index (χ4n) is 8.34. The maximum absolute atomic E-state index is 12.9. The van der Waals surface area contributed by atoms with Crippen LogP contribution < -0.4 is 10.2 Å².